The van der Waals surface area contributed by atoms with E-state index in [1.54, 1.807) is 7.11 Å². The van der Waals surface area contributed by atoms with Gasteiger partial charge in [-0.15, -0.1) is 0 Å². The first-order valence-electron chi connectivity index (χ1n) is 7.33. The van der Waals surface area contributed by atoms with Crippen LogP contribution in [0.1, 0.15) is 51.0 Å². The van der Waals surface area contributed by atoms with E-state index in [1.165, 1.54) is 12.5 Å². The van der Waals surface area contributed by atoms with Crippen molar-refractivity contribution in [3.05, 3.63) is 27.9 Å². The molecule has 1 aromatic rings. The molecule has 1 aliphatic carbocycles. The summed E-state index contributed by atoms with van der Waals surface area (Å²) in [7, 11) is 1.60. The molecule has 0 amide bonds. The highest BCUT2D eigenvalue weighted by Crippen LogP contribution is 2.41. The zero-order valence-corrected chi connectivity index (χ0v) is 12.6. The Hall–Kier alpha value is -1.20. The maximum Gasteiger partial charge on any atom is 0.251 e. The van der Waals surface area contributed by atoms with Gasteiger partial charge in [0, 0.05) is 19.8 Å². The predicted molar refractivity (Wildman–Crippen MR) is 76.5 cm³/mol. The Kier molecular flexibility index (Phi) is 4.94. The van der Waals surface area contributed by atoms with Crippen molar-refractivity contribution in [1.82, 2.24) is 9.97 Å². The van der Waals surface area contributed by atoms with Gasteiger partial charge in [-0.25, -0.2) is 4.98 Å². The molecule has 0 bridgehead atoms. The molecule has 1 aliphatic rings. The molecule has 112 valence electrons. The lowest BCUT2D eigenvalue weighted by Crippen LogP contribution is -2.38. The van der Waals surface area contributed by atoms with Crippen molar-refractivity contribution in [2.75, 3.05) is 13.7 Å². The van der Waals surface area contributed by atoms with Gasteiger partial charge in [0.15, 0.2) is 0 Å². The van der Waals surface area contributed by atoms with Crippen LogP contribution >= 0.6 is 0 Å². The summed E-state index contributed by atoms with van der Waals surface area (Å²) in [5, 5.41) is 0. The van der Waals surface area contributed by atoms with Gasteiger partial charge in [0.25, 0.3) is 5.56 Å². The van der Waals surface area contributed by atoms with E-state index in [0.29, 0.717) is 30.7 Å². The van der Waals surface area contributed by atoms with Crippen LogP contribution in [0.15, 0.2) is 10.9 Å². The van der Waals surface area contributed by atoms with Crippen LogP contribution < -0.4 is 5.56 Å². The summed E-state index contributed by atoms with van der Waals surface area (Å²) in [5.41, 5.74) is 0.0675. The molecule has 1 heterocycles. The molecule has 0 saturated heterocycles. The van der Waals surface area contributed by atoms with Gasteiger partial charge in [-0.3, -0.25) is 4.79 Å². The lowest BCUT2D eigenvalue weighted by molar-refractivity contribution is -0.0884. The highest BCUT2D eigenvalue weighted by atomic mass is 16.5. The highest BCUT2D eigenvalue weighted by Gasteiger charge is 2.39. The monoisotopic (exact) mass is 280 g/mol. The number of hydrogen-bond donors (Lipinski definition) is 1. The molecule has 5 heteroatoms. The molecule has 1 N–H and O–H groups in total. The molecule has 2 rings (SSSR count). The molecule has 2 atom stereocenters. The standard InChI is InChI=1S/C15H24N2O3/c1-4-20-15(7-5-6-11(2)9-15)14-16-12(10-19-3)8-13(18)17-14/h8,11H,4-7,9-10H2,1-3H3,(H,16,17,18). The van der Waals surface area contributed by atoms with Gasteiger partial charge in [0.2, 0.25) is 0 Å². The molecular weight excluding hydrogens is 256 g/mol. The van der Waals surface area contributed by atoms with Crippen molar-refractivity contribution >= 4 is 0 Å². The highest BCUT2D eigenvalue weighted by molar-refractivity contribution is 5.10. The third-order valence-corrected chi connectivity index (χ3v) is 3.89. The SMILES string of the molecule is CCOC1(c2nc(COC)cc(=O)[nH]2)CCCC(C)C1. The summed E-state index contributed by atoms with van der Waals surface area (Å²) in [6.45, 7) is 5.17. The van der Waals surface area contributed by atoms with Crippen molar-refractivity contribution in [2.24, 2.45) is 5.92 Å². The molecule has 5 nitrogen and oxygen atoms in total. The zero-order chi connectivity index (χ0) is 14.6. The molecule has 1 fully saturated rings. The molecule has 0 radical (unpaired) electrons. The van der Waals surface area contributed by atoms with Gasteiger partial charge < -0.3 is 14.5 Å². The number of aromatic nitrogens is 2. The van der Waals surface area contributed by atoms with Gasteiger partial charge in [-0.2, -0.15) is 0 Å². The van der Waals surface area contributed by atoms with Gasteiger partial charge in [-0.05, 0) is 32.1 Å². The van der Waals surface area contributed by atoms with E-state index in [2.05, 4.69) is 16.9 Å². The van der Waals surface area contributed by atoms with Crippen molar-refractivity contribution in [2.45, 2.75) is 51.7 Å². The lowest BCUT2D eigenvalue weighted by Gasteiger charge is -2.38. The first-order chi connectivity index (χ1) is 9.59. The molecule has 20 heavy (non-hydrogen) atoms. The van der Waals surface area contributed by atoms with Crippen molar-refractivity contribution < 1.29 is 9.47 Å². The summed E-state index contributed by atoms with van der Waals surface area (Å²) in [6, 6.07) is 1.49. The van der Waals surface area contributed by atoms with Gasteiger partial charge >= 0.3 is 0 Å². The number of ether oxygens (including phenoxy) is 2. The van der Waals surface area contributed by atoms with Crippen LogP contribution in [-0.2, 0) is 21.7 Å². The van der Waals surface area contributed by atoms with E-state index < -0.39 is 5.60 Å². The average molecular weight is 280 g/mol. The predicted octanol–water partition coefficient (Wildman–Crippen LogP) is 2.36. The van der Waals surface area contributed by atoms with Crippen LogP contribution in [0.2, 0.25) is 0 Å². The van der Waals surface area contributed by atoms with Gasteiger partial charge in [0.05, 0.1) is 12.3 Å². The third-order valence-electron chi connectivity index (χ3n) is 3.89. The topological polar surface area (TPSA) is 64.2 Å². The number of hydrogen-bond acceptors (Lipinski definition) is 4. The minimum absolute atomic E-state index is 0.139. The Morgan fingerprint density at radius 1 is 1.55 bits per heavy atom. The number of H-pyrrole nitrogens is 1. The fourth-order valence-corrected chi connectivity index (χ4v) is 3.14. The van der Waals surface area contributed by atoms with Crippen LogP contribution in [0.4, 0.5) is 0 Å². The second-order valence-electron chi connectivity index (χ2n) is 5.65. The summed E-state index contributed by atoms with van der Waals surface area (Å²) >= 11 is 0. The molecule has 1 aromatic heterocycles. The Morgan fingerprint density at radius 3 is 3.00 bits per heavy atom. The van der Waals surface area contributed by atoms with Crippen LogP contribution in [0.5, 0.6) is 0 Å². The number of rotatable bonds is 5. The summed E-state index contributed by atoms with van der Waals surface area (Å²) in [5.74, 6) is 1.23. The fraction of sp³-hybridized carbons (Fsp3) is 0.733. The Morgan fingerprint density at radius 2 is 2.35 bits per heavy atom. The van der Waals surface area contributed by atoms with E-state index >= 15 is 0 Å². The molecule has 1 saturated carbocycles. The van der Waals surface area contributed by atoms with Gasteiger partial charge in [-0.1, -0.05) is 13.3 Å². The largest absolute Gasteiger partial charge is 0.378 e. The van der Waals surface area contributed by atoms with Crippen LogP contribution in [0.25, 0.3) is 0 Å². The van der Waals surface area contributed by atoms with E-state index in [9.17, 15) is 4.79 Å². The van der Waals surface area contributed by atoms with Crippen molar-refractivity contribution in [3.8, 4) is 0 Å². The lowest BCUT2D eigenvalue weighted by atomic mass is 9.78. The number of nitrogens with one attached hydrogen (secondary N) is 1. The molecule has 0 aliphatic heterocycles. The minimum Gasteiger partial charge on any atom is -0.378 e. The van der Waals surface area contributed by atoms with Crippen LogP contribution in [0.3, 0.4) is 0 Å². The first-order valence-corrected chi connectivity index (χ1v) is 7.33. The maximum absolute atomic E-state index is 11.8. The summed E-state index contributed by atoms with van der Waals surface area (Å²) < 4.78 is 11.1. The summed E-state index contributed by atoms with van der Waals surface area (Å²) in [6.07, 6.45) is 4.11. The molecule has 0 aromatic carbocycles. The van der Waals surface area contributed by atoms with Crippen LogP contribution in [-0.4, -0.2) is 23.7 Å². The summed E-state index contributed by atoms with van der Waals surface area (Å²) in [4.78, 5) is 19.3. The average Bonchev–Trinajstić information content (AvgIpc) is 2.39. The molecule has 2 unspecified atom stereocenters. The van der Waals surface area contributed by atoms with Crippen molar-refractivity contribution in [3.63, 3.8) is 0 Å². The number of nitrogens with zero attached hydrogens (tertiary/aromatic N) is 1. The molecular formula is C15H24N2O3. The van der Waals surface area contributed by atoms with Crippen LogP contribution in [0, 0.1) is 5.92 Å². The normalized spacial score (nSPS) is 26.6. The zero-order valence-electron chi connectivity index (χ0n) is 12.6. The van der Waals surface area contributed by atoms with E-state index in [-0.39, 0.29) is 5.56 Å². The molecule has 0 spiro atoms. The Labute approximate surface area is 119 Å². The van der Waals surface area contributed by atoms with E-state index in [0.717, 1.165) is 19.3 Å². The third kappa shape index (κ3) is 3.27. The number of methoxy groups -OCH3 is 1. The van der Waals surface area contributed by atoms with E-state index in [4.69, 9.17) is 9.47 Å². The maximum atomic E-state index is 11.8. The second kappa shape index (κ2) is 6.50. The second-order valence-corrected chi connectivity index (χ2v) is 5.65. The first kappa shape index (κ1) is 15.2. The quantitative estimate of drug-likeness (QED) is 0.899. The fourth-order valence-electron chi connectivity index (χ4n) is 3.14. The Balaban J connectivity index is 2.40. The van der Waals surface area contributed by atoms with Crippen molar-refractivity contribution in [1.29, 1.82) is 0 Å². The minimum atomic E-state index is -0.449. The Bertz CT molecular complexity index is 496. The van der Waals surface area contributed by atoms with E-state index in [1.807, 2.05) is 6.92 Å². The smallest absolute Gasteiger partial charge is 0.251 e. The van der Waals surface area contributed by atoms with Gasteiger partial charge in [0.1, 0.15) is 11.4 Å². The number of aromatic amines is 1.